The summed E-state index contributed by atoms with van der Waals surface area (Å²) in [4.78, 5) is 17.1. The summed E-state index contributed by atoms with van der Waals surface area (Å²) in [5, 5.41) is 10.8. The molecule has 7 nitrogen and oxygen atoms in total. The maximum Gasteiger partial charge on any atom is 0.308 e. The zero-order valence-corrected chi connectivity index (χ0v) is 18.4. The molecule has 0 radical (unpaired) electrons. The molecule has 3 aromatic rings. The van der Waals surface area contributed by atoms with Gasteiger partial charge >= 0.3 is 11.8 Å². The summed E-state index contributed by atoms with van der Waals surface area (Å²) in [5.41, 5.74) is 1.91. The van der Waals surface area contributed by atoms with Crippen molar-refractivity contribution in [3.63, 3.8) is 0 Å². The largest absolute Gasteiger partial charge is 0.417 e. The Balaban J connectivity index is 1.17. The molecule has 4 rings (SSSR count). The number of anilines is 1. The number of hydrogen-bond donors (Lipinski definition) is 1. The zero-order valence-electron chi connectivity index (χ0n) is 17.6. The highest BCUT2D eigenvalue weighted by atomic mass is 35.5. The Kier molecular flexibility index (Phi) is 7.34. The molecule has 1 fully saturated rings. The number of amides is 1. The van der Waals surface area contributed by atoms with Crippen molar-refractivity contribution in [3.05, 3.63) is 76.7 Å². The molecule has 0 atom stereocenters. The normalized spacial score (nSPS) is 14.5. The summed E-state index contributed by atoms with van der Waals surface area (Å²) in [6, 6.07) is 14.5. The van der Waals surface area contributed by atoms with E-state index in [1.54, 1.807) is 6.07 Å². The number of benzene rings is 2. The molecule has 168 valence electrons. The van der Waals surface area contributed by atoms with Crippen LogP contribution in [-0.2, 0) is 6.42 Å². The van der Waals surface area contributed by atoms with Crippen molar-refractivity contribution in [3.8, 4) is 0 Å². The van der Waals surface area contributed by atoms with Gasteiger partial charge in [0, 0.05) is 43.4 Å². The predicted molar refractivity (Wildman–Crippen MR) is 121 cm³/mol. The lowest BCUT2D eigenvalue weighted by atomic mass is 10.1. The van der Waals surface area contributed by atoms with Crippen molar-refractivity contribution < 1.29 is 13.6 Å². The van der Waals surface area contributed by atoms with E-state index in [0.29, 0.717) is 12.1 Å². The minimum atomic E-state index is -0.414. The summed E-state index contributed by atoms with van der Waals surface area (Å²) in [5.74, 6) is -0.653. The summed E-state index contributed by atoms with van der Waals surface area (Å²) < 4.78 is 18.6. The molecule has 1 aliphatic heterocycles. The second kappa shape index (κ2) is 10.6. The summed E-state index contributed by atoms with van der Waals surface area (Å²) in [6.45, 7) is 5.45. The second-order valence-corrected chi connectivity index (χ2v) is 8.09. The van der Waals surface area contributed by atoms with E-state index in [1.165, 1.54) is 17.8 Å². The van der Waals surface area contributed by atoms with Gasteiger partial charge in [-0.15, -0.1) is 10.2 Å². The van der Waals surface area contributed by atoms with E-state index >= 15 is 0 Å². The van der Waals surface area contributed by atoms with Gasteiger partial charge in [-0.3, -0.25) is 9.69 Å². The highest BCUT2D eigenvalue weighted by Crippen LogP contribution is 2.20. The molecule has 0 bridgehead atoms. The lowest BCUT2D eigenvalue weighted by Gasteiger charge is -2.36. The number of carbonyl (C=O) groups is 1. The summed E-state index contributed by atoms with van der Waals surface area (Å²) >= 11 is 6.02. The van der Waals surface area contributed by atoms with Crippen LogP contribution in [0.2, 0.25) is 5.02 Å². The van der Waals surface area contributed by atoms with Gasteiger partial charge in [-0.25, -0.2) is 4.39 Å². The molecule has 1 N–H and O–H groups in total. The van der Waals surface area contributed by atoms with Gasteiger partial charge in [-0.05, 0) is 42.8 Å². The molecule has 32 heavy (non-hydrogen) atoms. The van der Waals surface area contributed by atoms with E-state index < -0.39 is 11.7 Å². The minimum Gasteiger partial charge on any atom is -0.417 e. The number of rotatable bonds is 8. The third-order valence-electron chi connectivity index (χ3n) is 5.45. The molecule has 0 aliphatic carbocycles. The first-order valence-corrected chi connectivity index (χ1v) is 11.0. The smallest absolute Gasteiger partial charge is 0.308 e. The quantitative estimate of drug-likeness (QED) is 0.523. The maximum absolute atomic E-state index is 13.2. The fourth-order valence-electron chi connectivity index (χ4n) is 3.69. The van der Waals surface area contributed by atoms with E-state index in [-0.39, 0.29) is 23.2 Å². The van der Waals surface area contributed by atoms with Crippen molar-refractivity contribution in [1.29, 1.82) is 0 Å². The zero-order chi connectivity index (χ0) is 22.3. The number of hydrogen-bond acceptors (Lipinski definition) is 6. The Labute approximate surface area is 191 Å². The van der Waals surface area contributed by atoms with Crippen molar-refractivity contribution in [2.75, 3.05) is 44.2 Å². The van der Waals surface area contributed by atoms with Gasteiger partial charge in [0.05, 0.1) is 6.42 Å². The average Bonchev–Trinajstić information content (AvgIpc) is 3.28. The Hall–Kier alpha value is -2.97. The molecule has 0 saturated carbocycles. The van der Waals surface area contributed by atoms with Gasteiger partial charge in [0.2, 0.25) is 5.89 Å². The first-order chi connectivity index (χ1) is 15.6. The van der Waals surface area contributed by atoms with Crippen LogP contribution in [0, 0.1) is 5.82 Å². The molecule has 0 unspecified atom stereocenters. The Morgan fingerprint density at radius 3 is 2.62 bits per heavy atom. The lowest BCUT2D eigenvalue weighted by molar-refractivity contribution is 0.0915. The molecule has 0 spiro atoms. The Morgan fingerprint density at radius 1 is 1.09 bits per heavy atom. The first kappa shape index (κ1) is 22.2. The van der Waals surface area contributed by atoms with Crippen LogP contribution in [0.3, 0.4) is 0 Å². The van der Waals surface area contributed by atoms with Crippen LogP contribution < -0.4 is 10.2 Å². The summed E-state index contributed by atoms with van der Waals surface area (Å²) in [7, 11) is 0. The van der Waals surface area contributed by atoms with Crippen molar-refractivity contribution >= 4 is 23.2 Å². The monoisotopic (exact) mass is 457 g/mol. The van der Waals surface area contributed by atoms with Gasteiger partial charge in [0.1, 0.15) is 5.82 Å². The number of para-hydroxylation sites is 1. The van der Waals surface area contributed by atoms with Crippen LogP contribution in [0.1, 0.15) is 28.6 Å². The molecule has 1 aliphatic rings. The fraction of sp³-hybridized carbons (Fsp3) is 0.348. The van der Waals surface area contributed by atoms with Crippen LogP contribution in [0.4, 0.5) is 10.1 Å². The molecule has 1 amide bonds. The topological polar surface area (TPSA) is 74.5 Å². The summed E-state index contributed by atoms with van der Waals surface area (Å²) in [6.07, 6.45) is 1.07. The van der Waals surface area contributed by atoms with Crippen molar-refractivity contribution in [2.45, 2.75) is 12.8 Å². The SMILES string of the molecule is O=C(NCCCN1CCN(c2ccccc2)CC1)c1nnc(Cc2ccc(F)cc2Cl)o1. The van der Waals surface area contributed by atoms with Crippen molar-refractivity contribution in [1.82, 2.24) is 20.4 Å². The number of carbonyl (C=O) groups excluding carboxylic acids is 1. The highest BCUT2D eigenvalue weighted by Gasteiger charge is 2.18. The van der Waals surface area contributed by atoms with E-state index in [4.69, 9.17) is 16.0 Å². The molecular weight excluding hydrogens is 433 g/mol. The van der Waals surface area contributed by atoms with Crippen LogP contribution in [0.5, 0.6) is 0 Å². The van der Waals surface area contributed by atoms with E-state index in [2.05, 4.69) is 49.6 Å². The van der Waals surface area contributed by atoms with E-state index in [9.17, 15) is 9.18 Å². The Morgan fingerprint density at radius 2 is 1.88 bits per heavy atom. The van der Waals surface area contributed by atoms with Gasteiger partial charge in [0.15, 0.2) is 0 Å². The molecule has 9 heteroatoms. The molecule has 2 aromatic carbocycles. The number of halogens is 2. The molecular formula is C23H25ClFN5O2. The third kappa shape index (κ3) is 5.83. The Bertz CT molecular complexity index is 1040. The van der Waals surface area contributed by atoms with Crippen molar-refractivity contribution in [2.24, 2.45) is 0 Å². The lowest BCUT2D eigenvalue weighted by Crippen LogP contribution is -2.47. The molecule has 1 saturated heterocycles. The number of nitrogens with one attached hydrogen (secondary N) is 1. The second-order valence-electron chi connectivity index (χ2n) is 7.69. The van der Waals surface area contributed by atoms with Gasteiger partial charge in [-0.2, -0.15) is 0 Å². The number of piperazine rings is 1. The van der Waals surface area contributed by atoms with Crippen LogP contribution in [0.15, 0.2) is 52.9 Å². The van der Waals surface area contributed by atoms with Crippen LogP contribution in [-0.4, -0.2) is 60.3 Å². The standard InChI is InChI=1S/C23H25ClFN5O2/c24-20-16-18(25)8-7-17(20)15-21-27-28-23(32-21)22(31)26-9-4-10-29-11-13-30(14-12-29)19-5-2-1-3-6-19/h1-3,5-8,16H,4,9-15H2,(H,26,31). The van der Waals surface area contributed by atoms with Crippen LogP contribution >= 0.6 is 11.6 Å². The van der Waals surface area contributed by atoms with Gasteiger partial charge < -0.3 is 14.6 Å². The molecule has 1 aromatic heterocycles. The van der Waals surface area contributed by atoms with E-state index in [1.807, 2.05) is 6.07 Å². The number of aromatic nitrogens is 2. The van der Waals surface area contributed by atoms with Crippen LogP contribution in [0.25, 0.3) is 0 Å². The maximum atomic E-state index is 13.2. The fourth-order valence-corrected chi connectivity index (χ4v) is 3.93. The van der Waals surface area contributed by atoms with Gasteiger partial charge in [-0.1, -0.05) is 35.9 Å². The predicted octanol–water partition coefficient (Wildman–Crippen LogP) is 3.40. The van der Waals surface area contributed by atoms with Gasteiger partial charge in [0.25, 0.3) is 0 Å². The van der Waals surface area contributed by atoms with E-state index in [0.717, 1.165) is 39.1 Å². The minimum absolute atomic E-state index is 0.0882. The third-order valence-corrected chi connectivity index (χ3v) is 5.80. The number of nitrogens with zero attached hydrogens (tertiary/aromatic N) is 4. The molecule has 2 heterocycles. The first-order valence-electron chi connectivity index (χ1n) is 10.7. The average molecular weight is 458 g/mol. The highest BCUT2D eigenvalue weighted by molar-refractivity contribution is 6.31.